The Balaban J connectivity index is 2.12. The van der Waals surface area contributed by atoms with Gasteiger partial charge in [0.05, 0.1) is 0 Å². The first-order valence-electron chi connectivity index (χ1n) is 12.3. The van der Waals surface area contributed by atoms with Crippen LogP contribution in [-0.2, 0) is 11.8 Å². The van der Waals surface area contributed by atoms with Crippen LogP contribution in [0.5, 0.6) is 5.75 Å². The van der Waals surface area contributed by atoms with Crippen LogP contribution in [0.1, 0.15) is 100 Å². The zero-order valence-electron chi connectivity index (χ0n) is 19.6. The van der Waals surface area contributed by atoms with Gasteiger partial charge in [-0.15, -0.1) is 0 Å². The SMILES string of the molecule is CCCCCCC1(CCCCCC)c2cc(O[B]O)ccc2Cc2ccc(B(O)O)cc21. The molecule has 3 rings (SSSR count). The van der Waals surface area contributed by atoms with Crippen molar-refractivity contribution in [1.82, 2.24) is 0 Å². The first-order chi connectivity index (χ1) is 15.6. The average Bonchev–Trinajstić information content (AvgIpc) is 2.79. The fraction of sp³-hybridized carbons (Fsp3) is 0.538. The maximum atomic E-state index is 9.90. The minimum absolute atomic E-state index is 0.190. The number of hydrogen-bond donors (Lipinski definition) is 3. The molecule has 3 N–H and O–H groups in total. The third kappa shape index (κ3) is 5.59. The highest BCUT2D eigenvalue weighted by atomic mass is 16.5. The summed E-state index contributed by atoms with van der Waals surface area (Å²) in [7, 11) is -0.735. The van der Waals surface area contributed by atoms with Gasteiger partial charge in [-0.1, -0.05) is 89.5 Å². The van der Waals surface area contributed by atoms with Crippen molar-refractivity contribution in [2.45, 2.75) is 89.9 Å². The minimum atomic E-state index is -1.47. The quantitative estimate of drug-likeness (QED) is 0.322. The highest BCUT2D eigenvalue weighted by Gasteiger charge is 2.40. The smallest absolute Gasteiger partial charge is 0.537 e. The summed E-state index contributed by atoms with van der Waals surface area (Å²) in [6, 6.07) is 12.1. The number of hydrogen-bond acceptors (Lipinski definition) is 4. The van der Waals surface area contributed by atoms with Crippen molar-refractivity contribution in [3.63, 3.8) is 0 Å². The van der Waals surface area contributed by atoms with E-state index in [1.165, 1.54) is 60.8 Å². The fourth-order valence-corrected chi connectivity index (χ4v) is 5.36. The summed E-state index contributed by atoms with van der Waals surface area (Å²) in [5.41, 5.74) is 5.43. The van der Waals surface area contributed by atoms with Gasteiger partial charge >= 0.3 is 14.8 Å². The van der Waals surface area contributed by atoms with Crippen LogP contribution in [0.4, 0.5) is 0 Å². The van der Waals surface area contributed by atoms with E-state index in [-0.39, 0.29) is 5.41 Å². The van der Waals surface area contributed by atoms with Gasteiger partial charge < -0.3 is 19.7 Å². The van der Waals surface area contributed by atoms with Crippen molar-refractivity contribution in [2.75, 3.05) is 0 Å². The number of unbranched alkanes of at least 4 members (excludes halogenated alkanes) is 6. The van der Waals surface area contributed by atoms with E-state index >= 15 is 0 Å². The molecule has 1 aliphatic carbocycles. The zero-order valence-corrected chi connectivity index (χ0v) is 19.6. The standard InChI is InChI=1S/C26H37B2O4/c1-3-5-7-9-15-26(16-10-8-6-4-2)24-18-22(28(30)31)13-11-20(24)17-21-12-14-23(32-27-29)19-25(21)26/h11-14,18-19,29-31H,3-10,15-17H2,1-2H3. The Labute approximate surface area is 194 Å². The molecule has 4 nitrogen and oxygen atoms in total. The minimum Gasteiger partial charge on any atom is -0.537 e. The van der Waals surface area contributed by atoms with Gasteiger partial charge in [-0.05, 0) is 59.1 Å². The monoisotopic (exact) mass is 435 g/mol. The Morgan fingerprint density at radius 1 is 0.844 bits per heavy atom. The molecular formula is C26H37B2O4. The fourth-order valence-electron chi connectivity index (χ4n) is 5.36. The molecule has 0 saturated heterocycles. The largest absolute Gasteiger partial charge is 0.569 e. The molecule has 0 unspecified atom stereocenters. The molecule has 0 atom stereocenters. The van der Waals surface area contributed by atoms with Crippen LogP contribution in [-0.4, -0.2) is 29.9 Å². The van der Waals surface area contributed by atoms with Crippen molar-refractivity contribution < 1.29 is 19.7 Å². The van der Waals surface area contributed by atoms with Gasteiger partial charge in [0, 0.05) is 5.41 Å². The van der Waals surface area contributed by atoms with E-state index in [4.69, 9.17) is 4.65 Å². The summed E-state index contributed by atoms with van der Waals surface area (Å²) in [6.07, 6.45) is 12.4. The van der Waals surface area contributed by atoms with E-state index in [0.717, 1.165) is 39.8 Å². The second kappa shape index (κ2) is 11.9. The summed E-state index contributed by atoms with van der Waals surface area (Å²) in [4.78, 5) is 0. The van der Waals surface area contributed by atoms with Crippen LogP contribution in [0, 0.1) is 0 Å². The third-order valence-electron chi connectivity index (χ3n) is 7.03. The predicted octanol–water partition coefficient (Wildman–Crippen LogP) is 4.40. The van der Waals surface area contributed by atoms with Gasteiger partial charge in [0.15, 0.2) is 0 Å². The lowest BCUT2D eigenvalue weighted by Crippen LogP contribution is -2.37. The number of rotatable bonds is 13. The summed E-state index contributed by atoms with van der Waals surface area (Å²) < 4.78 is 5.35. The Morgan fingerprint density at radius 2 is 1.44 bits per heavy atom. The molecule has 0 spiro atoms. The van der Waals surface area contributed by atoms with Crippen molar-refractivity contribution >= 4 is 20.3 Å². The number of fused-ring (bicyclic) bond motifs is 2. The zero-order chi connectivity index (χ0) is 23.0. The van der Waals surface area contributed by atoms with Crippen LogP contribution in [0.15, 0.2) is 36.4 Å². The molecule has 1 aliphatic rings. The first kappa shape index (κ1) is 24.9. The molecule has 6 heteroatoms. The van der Waals surface area contributed by atoms with Crippen LogP contribution < -0.4 is 10.1 Å². The molecule has 0 saturated carbocycles. The third-order valence-corrected chi connectivity index (χ3v) is 7.03. The van der Waals surface area contributed by atoms with Crippen molar-refractivity contribution in [3.05, 3.63) is 58.7 Å². The van der Waals surface area contributed by atoms with E-state index in [1.807, 2.05) is 18.2 Å². The molecule has 1 radical (unpaired) electrons. The molecule has 0 aromatic heterocycles. The van der Waals surface area contributed by atoms with E-state index in [1.54, 1.807) is 0 Å². The normalized spacial score (nSPS) is 13.9. The molecule has 32 heavy (non-hydrogen) atoms. The molecule has 0 aliphatic heterocycles. The van der Waals surface area contributed by atoms with Crippen LogP contribution in [0.3, 0.4) is 0 Å². The van der Waals surface area contributed by atoms with E-state index < -0.39 is 7.12 Å². The topological polar surface area (TPSA) is 69.9 Å². The highest BCUT2D eigenvalue weighted by molar-refractivity contribution is 6.58. The molecule has 0 fully saturated rings. The average molecular weight is 435 g/mol. The lowest BCUT2D eigenvalue weighted by molar-refractivity contribution is 0.381. The second-order valence-corrected chi connectivity index (χ2v) is 9.21. The Hall–Kier alpha value is -1.75. The van der Waals surface area contributed by atoms with Crippen LogP contribution in [0.25, 0.3) is 0 Å². The van der Waals surface area contributed by atoms with Gasteiger partial charge in [-0.3, -0.25) is 0 Å². The molecule has 0 heterocycles. The Kier molecular flexibility index (Phi) is 9.27. The lowest BCUT2D eigenvalue weighted by atomic mass is 9.60. The van der Waals surface area contributed by atoms with Gasteiger partial charge in [-0.25, -0.2) is 0 Å². The molecule has 2 aromatic carbocycles. The highest BCUT2D eigenvalue weighted by Crippen LogP contribution is 2.49. The lowest BCUT2D eigenvalue weighted by Gasteiger charge is -2.42. The van der Waals surface area contributed by atoms with Gasteiger partial charge in [0.25, 0.3) is 0 Å². The molecule has 2 aromatic rings. The van der Waals surface area contributed by atoms with E-state index in [9.17, 15) is 15.1 Å². The number of benzene rings is 2. The maximum Gasteiger partial charge on any atom is 0.569 e. The van der Waals surface area contributed by atoms with Crippen molar-refractivity contribution in [3.8, 4) is 5.75 Å². The van der Waals surface area contributed by atoms with Crippen molar-refractivity contribution in [1.29, 1.82) is 0 Å². The molecule has 0 bridgehead atoms. The van der Waals surface area contributed by atoms with Crippen LogP contribution >= 0.6 is 0 Å². The Morgan fingerprint density at radius 3 is 2.00 bits per heavy atom. The van der Waals surface area contributed by atoms with Crippen LogP contribution in [0.2, 0.25) is 0 Å². The summed E-state index contributed by atoms with van der Waals surface area (Å²) in [6.45, 7) is 4.46. The Bertz CT molecular complexity index is 857. The maximum absolute atomic E-state index is 9.90. The van der Waals surface area contributed by atoms with Gasteiger partial charge in [-0.2, -0.15) is 0 Å². The van der Waals surface area contributed by atoms with E-state index in [0.29, 0.717) is 11.2 Å². The van der Waals surface area contributed by atoms with Gasteiger partial charge in [0.1, 0.15) is 5.75 Å². The van der Waals surface area contributed by atoms with E-state index in [2.05, 4.69) is 32.0 Å². The van der Waals surface area contributed by atoms with Crippen molar-refractivity contribution in [2.24, 2.45) is 0 Å². The molecule has 171 valence electrons. The summed E-state index contributed by atoms with van der Waals surface area (Å²) in [5.74, 6) is 0.638. The summed E-state index contributed by atoms with van der Waals surface area (Å²) in [5, 5.41) is 29.0. The predicted molar refractivity (Wildman–Crippen MR) is 132 cm³/mol. The second-order valence-electron chi connectivity index (χ2n) is 9.21. The molecule has 0 amide bonds. The molecular weight excluding hydrogens is 398 g/mol. The summed E-state index contributed by atoms with van der Waals surface area (Å²) >= 11 is 0. The van der Waals surface area contributed by atoms with Gasteiger partial charge in [0.2, 0.25) is 0 Å². The first-order valence-corrected chi connectivity index (χ1v) is 12.3.